The highest BCUT2D eigenvalue weighted by Gasteiger charge is 2.51. The third-order valence-corrected chi connectivity index (χ3v) is 3.50. The number of carbonyl (C=O) groups excluding carboxylic acids is 1. The lowest BCUT2D eigenvalue weighted by Crippen LogP contribution is -2.41. The molecule has 0 bridgehead atoms. The van der Waals surface area contributed by atoms with Gasteiger partial charge < -0.3 is 5.32 Å². The Morgan fingerprint density at radius 3 is 2.89 bits per heavy atom. The first-order valence-corrected chi connectivity index (χ1v) is 5.82. The zero-order valence-electron chi connectivity index (χ0n) is 9.42. The molecule has 96 valence electrons. The Morgan fingerprint density at radius 2 is 2.17 bits per heavy atom. The number of hydrogen-bond acceptors (Lipinski definition) is 2. The predicted molar refractivity (Wildman–Crippen MR) is 58.9 cm³/mol. The summed E-state index contributed by atoms with van der Waals surface area (Å²) in [6, 6.07) is 0. The number of fused-ring (bicyclic) bond motifs is 2. The first-order valence-electron chi connectivity index (χ1n) is 5.82. The first-order chi connectivity index (χ1) is 8.47. The molecule has 0 radical (unpaired) electrons. The lowest BCUT2D eigenvalue weighted by molar-refractivity contribution is -0.147. The Kier molecular flexibility index (Phi) is 2.36. The summed E-state index contributed by atoms with van der Waals surface area (Å²) in [5, 5.41) is 2.47. The molecule has 3 aliphatic rings. The van der Waals surface area contributed by atoms with Crippen LogP contribution in [0.5, 0.6) is 0 Å². The molecule has 0 aromatic rings. The van der Waals surface area contributed by atoms with Crippen LogP contribution in [-0.4, -0.2) is 24.3 Å². The average Bonchev–Trinajstić information content (AvgIpc) is 2.63. The minimum Gasteiger partial charge on any atom is -0.322 e. The maximum absolute atomic E-state index is 13.2. The molecule has 2 unspecified atom stereocenters. The number of nitrogens with zero attached hydrogens (tertiary/aromatic N) is 1. The van der Waals surface area contributed by atoms with E-state index >= 15 is 0 Å². The van der Waals surface area contributed by atoms with Gasteiger partial charge in [0.05, 0.1) is 0 Å². The molecule has 1 aliphatic carbocycles. The van der Waals surface area contributed by atoms with Crippen molar-refractivity contribution in [3.8, 4) is 0 Å². The van der Waals surface area contributed by atoms with Gasteiger partial charge in [0.2, 0.25) is 5.91 Å². The van der Waals surface area contributed by atoms with Crippen molar-refractivity contribution in [1.29, 1.82) is 0 Å². The van der Waals surface area contributed by atoms with E-state index in [0.717, 1.165) is 12.5 Å². The van der Waals surface area contributed by atoms with Crippen LogP contribution in [0.1, 0.15) is 12.8 Å². The second kappa shape index (κ2) is 3.70. The van der Waals surface area contributed by atoms with Gasteiger partial charge in [-0.3, -0.25) is 9.79 Å². The van der Waals surface area contributed by atoms with E-state index in [2.05, 4.69) is 10.3 Å². The summed E-state index contributed by atoms with van der Waals surface area (Å²) in [4.78, 5) is 15.3. The summed E-state index contributed by atoms with van der Waals surface area (Å²) in [7, 11) is 0. The monoisotopic (exact) mass is 256 g/mol. The number of halogens is 3. The molecule has 0 aromatic carbocycles. The number of amides is 1. The lowest BCUT2D eigenvalue weighted by Gasteiger charge is -2.34. The molecular weight excluding hydrogens is 245 g/mol. The fourth-order valence-electron chi connectivity index (χ4n) is 2.80. The Hall–Kier alpha value is -1.59. The van der Waals surface area contributed by atoms with E-state index in [1.54, 1.807) is 6.08 Å². The molecule has 0 spiro atoms. The largest absolute Gasteiger partial charge is 0.400 e. The smallest absolute Gasteiger partial charge is 0.322 e. The Labute approximate surface area is 101 Å². The van der Waals surface area contributed by atoms with Gasteiger partial charge in [-0.05, 0) is 18.4 Å². The number of allylic oxidation sites excluding steroid dienone is 2. The summed E-state index contributed by atoms with van der Waals surface area (Å²) < 4.78 is 39.6. The van der Waals surface area contributed by atoms with Gasteiger partial charge in [-0.15, -0.1) is 0 Å². The summed E-state index contributed by atoms with van der Waals surface area (Å²) in [6.07, 6.45) is -0.200. The lowest BCUT2D eigenvalue weighted by atomic mass is 9.76. The van der Waals surface area contributed by atoms with E-state index in [9.17, 15) is 18.0 Å². The van der Waals surface area contributed by atoms with Crippen molar-refractivity contribution in [2.75, 3.05) is 6.54 Å². The van der Waals surface area contributed by atoms with E-state index in [4.69, 9.17) is 0 Å². The van der Waals surface area contributed by atoms with Crippen molar-refractivity contribution in [1.82, 2.24) is 5.32 Å². The topological polar surface area (TPSA) is 41.5 Å². The molecule has 18 heavy (non-hydrogen) atoms. The second-order valence-electron chi connectivity index (χ2n) is 4.70. The summed E-state index contributed by atoms with van der Waals surface area (Å²) in [6.45, 7) is 0.441. The van der Waals surface area contributed by atoms with Crippen LogP contribution in [0.4, 0.5) is 13.2 Å². The predicted octanol–water partition coefficient (Wildman–Crippen LogP) is 1.97. The van der Waals surface area contributed by atoms with Gasteiger partial charge in [-0.1, -0.05) is 6.08 Å². The minimum atomic E-state index is -4.40. The number of nitrogens with one attached hydrogen (secondary N) is 1. The standard InChI is InChI=1S/C12H11F3N2O/c13-12(14,15)10-7-5-9(18)17-8(7)4-6-2-1-3-16-11(6)10/h4-6,10H,1-3H2,(H,17,18). The summed E-state index contributed by atoms with van der Waals surface area (Å²) in [5.74, 6) is -2.50. The molecule has 0 aromatic heterocycles. The SMILES string of the molecule is O=C1C=C2C(=CC3CCCN=C3C2C(F)(F)F)N1. The molecular formula is C12H11F3N2O. The highest BCUT2D eigenvalue weighted by molar-refractivity contribution is 6.03. The minimum absolute atomic E-state index is 0.0180. The number of aliphatic imine (C=N–C) groups is 1. The van der Waals surface area contributed by atoms with Gasteiger partial charge in [0.1, 0.15) is 5.92 Å². The van der Waals surface area contributed by atoms with Crippen LogP contribution in [0.25, 0.3) is 0 Å². The Balaban J connectivity index is 2.13. The van der Waals surface area contributed by atoms with Gasteiger partial charge in [0.15, 0.2) is 0 Å². The number of carbonyl (C=O) groups is 1. The molecule has 3 rings (SSSR count). The molecule has 1 amide bonds. The number of alkyl halides is 3. The summed E-state index contributed by atoms with van der Waals surface area (Å²) in [5.41, 5.74) is 0.498. The maximum Gasteiger partial charge on any atom is 0.400 e. The van der Waals surface area contributed by atoms with Gasteiger partial charge in [-0.25, -0.2) is 0 Å². The molecule has 1 N–H and O–H groups in total. The van der Waals surface area contributed by atoms with Crippen molar-refractivity contribution in [3.05, 3.63) is 23.4 Å². The fraction of sp³-hybridized carbons (Fsp3) is 0.500. The molecule has 3 nitrogen and oxygen atoms in total. The number of rotatable bonds is 0. The normalized spacial score (nSPS) is 30.8. The second-order valence-corrected chi connectivity index (χ2v) is 4.70. The van der Waals surface area contributed by atoms with Crippen LogP contribution in [0.2, 0.25) is 0 Å². The molecule has 6 heteroatoms. The van der Waals surface area contributed by atoms with Crippen LogP contribution in [0.3, 0.4) is 0 Å². The van der Waals surface area contributed by atoms with E-state index in [1.807, 2.05) is 0 Å². The fourth-order valence-corrected chi connectivity index (χ4v) is 2.80. The average molecular weight is 256 g/mol. The zero-order valence-corrected chi connectivity index (χ0v) is 9.42. The molecule has 0 fully saturated rings. The third kappa shape index (κ3) is 1.67. The molecule has 2 aliphatic heterocycles. The van der Waals surface area contributed by atoms with Gasteiger partial charge >= 0.3 is 6.18 Å². The van der Waals surface area contributed by atoms with Crippen LogP contribution < -0.4 is 5.32 Å². The summed E-state index contributed by atoms with van der Waals surface area (Å²) >= 11 is 0. The van der Waals surface area contributed by atoms with Crippen LogP contribution in [0, 0.1) is 11.8 Å². The van der Waals surface area contributed by atoms with Crippen LogP contribution in [0.15, 0.2) is 28.4 Å². The highest BCUT2D eigenvalue weighted by atomic mass is 19.4. The highest BCUT2D eigenvalue weighted by Crippen LogP contribution is 2.44. The van der Waals surface area contributed by atoms with Crippen molar-refractivity contribution in [3.63, 3.8) is 0 Å². The van der Waals surface area contributed by atoms with Crippen molar-refractivity contribution >= 4 is 11.6 Å². The van der Waals surface area contributed by atoms with Gasteiger partial charge in [-0.2, -0.15) is 13.2 Å². The third-order valence-electron chi connectivity index (χ3n) is 3.50. The van der Waals surface area contributed by atoms with E-state index in [1.165, 1.54) is 0 Å². The van der Waals surface area contributed by atoms with Gasteiger partial charge in [0, 0.05) is 29.9 Å². The van der Waals surface area contributed by atoms with Crippen LogP contribution in [-0.2, 0) is 4.79 Å². The molecule has 0 saturated heterocycles. The van der Waals surface area contributed by atoms with Gasteiger partial charge in [0.25, 0.3) is 0 Å². The van der Waals surface area contributed by atoms with Crippen molar-refractivity contribution < 1.29 is 18.0 Å². The van der Waals surface area contributed by atoms with E-state index in [-0.39, 0.29) is 17.2 Å². The molecule has 2 heterocycles. The Morgan fingerprint density at radius 1 is 1.39 bits per heavy atom. The van der Waals surface area contributed by atoms with Crippen LogP contribution >= 0.6 is 0 Å². The molecule has 0 saturated carbocycles. The quantitative estimate of drug-likeness (QED) is 0.707. The first kappa shape index (κ1) is 11.5. The Bertz CT molecular complexity index is 502. The van der Waals surface area contributed by atoms with E-state index < -0.39 is 18.0 Å². The van der Waals surface area contributed by atoms with E-state index in [0.29, 0.717) is 18.7 Å². The maximum atomic E-state index is 13.2. The molecule has 2 atom stereocenters. The number of hydrogen-bond donors (Lipinski definition) is 1. The van der Waals surface area contributed by atoms with Crippen molar-refractivity contribution in [2.45, 2.75) is 19.0 Å². The zero-order chi connectivity index (χ0) is 12.9. The van der Waals surface area contributed by atoms with Crippen molar-refractivity contribution in [2.24, 2.45) is 16.8 Å².